The fraction of sp³-hybridized carbons (Fsp3) is 0.500. The molecule has 1 unspecified atom stereocenters. The molecule has 0 fully saturated rings. The average molecular weight is 153 g/mol. The minimum Gasteiger partial charge on any atom is -0.224 e. The summed E-state index contributed by atoms with van der Waals surface area (Å²) < 4.78 is 20.9. The van der Waals surface area contributed by atoms with Crippen molar-refractivity contribution in [1.82, 2.24) is 0 Å². The highest BCUT2D eigenvalue weighted by Crippen LogP contribution is 2.12. The third kappa shape index (κ3) is 1.23. The van der Waals surface area contributed by atoms with Crippen molar-refractivity contribution in [3.8, 4) is 0 Å². The summed E-state index contributed by atoms with van der Waals surface area (Å²) in [5.41, 5.74) is 0. The van der Waals surface area contributed by atoms with Crippen molar-refractivity contribution in [3.63, 3.8) is 0 Å². The predicted octanol–water partition coefficient (Wildman–Crippen LogP) is 0.536. The largest absolute Gasteiger partial charge is 0.224 e. The molecule has 1 heterocycles. The predicted molar refractivity (Wildman–Crippen MR) is 32.6 cm³/mol. The Morgan fingerprint density at radius 2 is 2.25 bits per heavy atom. The lowest BCUT2D eigenvalue weighted by atomic mass is 10.5. The van der Waals surface area contributed by atoms with Crippen LogP contribution in [0.5, 0.6) is 0 Å². The van der Waals surface area contributed by atoms with Crippen LogP contribution in [0.1, 0.15) is 0 Å². The molecule has 1 rings (SSSR count). The average Bonchev–Trinajstić information content (AvgIpc) is 1.82. The van der Waals surface area contributed by atoms with Gasteiger partial charge in [-0.1, -0.05) is 6.08 Å². The van der Waals surface area contributed by atoms with Gasteiger partial charge in [-0.3, -0.25) is 0 Å². The van der Waals surface area contributed by atoms with Crippen molar-refractivity contribution in [2.45, 2.75) is 5.38 Å². The van der Waals surface area contributed by atoms with Gasteiger partial charge in [0.15, 0.2) is 9.84 Å². The second-order valence-corrected chi connectivity index (χ2v) is 4.17. The smallest absolute Gasteiger partial charge is 0.173 e. The van der Waals surface area contributed by atoms with Crippen LogP contribution in [0.3, 0.4) is 0 Å². The topological polar surface area (TPSA) is 34.1 Å². The molecule has 1 aliphatic rings. The van der Waals surface area contributed by atoms with Crippen LogP contribution in [0, 0.1) is 0 Å². The molecular weight excluding hydrogens is 148 g/mol. The fourth-order valence-electron chi connectivity index (χ4n) is 0.538. The molecule has 0 aliphatic carbocycles. The van der Waals surface area contributed by atoms with Gasteiger partial charge in [-0.25, -0.2) is 8.42 Å². The van der Waals surface area contributed by atoms with Gasteiger partial charge >= 0.3 is 0 Å². The van der Waals surface area contributed by atoms with Gasteiger partial charge in [0.1, 0.15) is 0 Å². The molecule has 0 spiro atoms. The molecule has 1 atom stereocenters. The van der Waals surface area contributed by atoms with Gasteiger partial charge in [-0.2, -0.15) is 0 Å². The lowest BCUT2D eigenvalue weighted by Gasteiger charge is -1.88. The summed E-state index contributed by atoms with van der Waals surface area (Å²) in [4.78, 5) is 0. The summed E-state index contributed by atoms with van der Waals surface area (Å²) in [5.74, 6) is 0.0640. The first-order valence-corrected chi connectivity index (χ1v) is 4.30. The number of halogens is 1. The van der Waals surface area contributed by atoms with Crippen molar-refractivity contribution < 1.29 is 8.42 Å². The first kappa shape index (κ1) is 6.11. The van der Waals surface area contributed by atoms with Crippen LogP contribution in [0.15, 0.2) is 11.5 Å². The molecule has 4 heteroatoms. The zero-order chi connectivity index (χ0) is 6.20. The van der Waals surface area contributed by atoms with E-state index in [-0.39, 0.29) is 11.1 Å². The quantitative estimate of drug-likeness (QED) is 0.475. The van der Waals surface area contributed by atoms with Crippen molar-refractivity contribution in [1.29, 1.82) is 0 Å². The molecular formula is C4H5ClO2S. The first-order chi connectivity index (χ1) is 3.60. The minimum atomic E-state index is -2.91. The number of allylic oxidation sites excluding steroid dienone is 1. The molecule has 2 nitrogen and oxygen atoms in total. The van der Waals surface area contributed by atoms with Crippen LogP contribution in [0.2, 0.25) is 0 Å². The molecule has 46 valence electrons. The molecule has 0 N–H and O–H groups in total. The summed E-state index contributed by atoms with van der Waals surface area (Å²) in [5, 5.41) is 0.852. The molecule has 0 saturated heterocycles. The van der Waals surface area contributed by atoms with Gasteiger partial charge in [-0.15, -0.1) is 11.6 Å². The Morgan fingerprint density at radius 1 is 1.62 bits per heavy atom. The molecule has 0 amide bonds. The molecule has 0 aromatic rings. The van der Waals surface area contributed by atoms with E-state index < -0.39 is 9.84 Å². The highest BCUT2D eigenvalue weighted by molar-refractivity contribution is 7.94. The molecule has 1 aliphatic heterocycles. The van der Waals surface area contributed by atoms with Crippen LogP contribution in [0.25, 0.3) is 0 Å². The van der Waals surface area contributed by atoms with Crippen LogP contribution >= 0.6 is 11.6 Å². The Balaban J connectivity index is 2.89. The van der Waals surface area contributed by atoms with E-state index in [4.69, 9.17) is 11.6 Å². The summed E-state index contributed by atoms with van der Waals surface area (Å²) in [7, 11) is -2.91. The molecule has 0 aromatic heterocycles. The van der Waals surface area contributed by atoms with Gasteiger partial charge < -0.3 is 0 Å². The van der Waals surface area contributed by atoms with Gasteiger partial charge in [-0.05, 0) is 0 Å². The maximum atomic E-state index is 10.5. The Kier molecular flexibility index (Phi) is 1.33. The minimum absolute atomic E-state index is 0.0640. The second-order valence-electron chi connectivity index (χ2n) is 1.67. The summed E-state index contributed by atoms with van der Waals surface area (Å²) in [6.07, 6.45) is 1.48. The standard InChI is InChI=1S/C4H5ClO2S/c5-4-1-2-8(6,7)3-4/h1-2,4H,3H2. The van der Waals surface area contributed by atoms with Gasteiger partial charge in [0, 0.05) is 5.41 Å². The zero-order valence-corrected chi connectivity index (χ0v) is 5.61. The van der Waals surface area contributed by atoms with E-state index in [0.29, 0.717) is 0 Å². The van der Waals surface area contributed by atoms with E-state index in [2.05, 4.69) is 0 Å². The Labute approximate surface area is 53.1 Å². The van der Waals surface area contributed by atoms with Crippen molar-refractivity contribution >= 4 is 21.4 Å². The molecule has 0 radical (unpaired) electrons. The van der Waals surface area contributed by atoms with Crippen molar-refractivity contribution in [2.24, 2.45) is 0 Å². The van der Waals surface area contributed by atoms with E-state index in [1.807, 2.05) is 0 Å². The molecule has 0 bridgehead atoms. The highest BCUT2D eigenvalue weighted by atomic mass is 35.5. The maximum Gasteiger partial charge on any atom is 0.173 e. The maximum absolute atomic E-state index is 10.5. The monoisotopic (exact) mass is 152 g/mol. The fourth-order valence-corrected chi connectivity index (χ4v) is 2.32. The Hall–Kier alpha value is -0.0200. The van der Waals surface area contributed by atoms with Gasteiger partial charge in [0.25, 0.3) is 0 Å². The normalized spacial score (nSPS) is 33.4. The SMILES string of the molecule is O=S1(=O)C=CC(Cl)C1. The molecule has 0 aromatic carbocycles. The Bertz CT molecular complexity index is 204. The lowest BCUT2D eigenvalue weighted by molar-refractivity contribution is 0.606. The van der Waals surface area contributed by atoms with Crippen molar-refractivity contribution in [3.05, 3.63) is 11.5 Å². The third-order valence-corrected chi connectivity index (χ3v) is 2.76. The number of sulfone groups is 1. The van der Waals surface area contributed by atoms with Gasteiger partial charge in [0.2, 0.25) is 0 Å². The van der Waals surface area contributed by atoms with E-state index in [9.17, 15) is 8.42 Å². The molecule has 0 saturated carbocycles. The number of hydrogen-bond donors (Lipinski definition) is 0. The number of alkyl halides is 1. The first-order valence-electron chi connectivity index (χ1n) is 2.15. The van der Waals surface area contributed by atoms with E-state index in [1.54, 1.807) is 0 Å². The zero-order valence-electron chi connectivity index (χ0n) is 4.04. The summed E-state index contributed by atoms with van der Waals surface area (Å²) in [6.45, 7) is 0. The third-order valence-electron chi connectivity index (χ3n) is 0.886. The van der Waals surface area contributed by atoms with Gasteiger partial charge in [0.05, 0.1) is 11.1 Å². The van der Waals surface area contributed by atoms with Crippen LogP contribution in [0.4, 0.5) is 0 Å². The van der Waals surface area contributed by atoms with E-state index >= 15 is 0 Å². The number of hydrogen-bond acceptors (Lipinski definition) is 2. The number of rotatable bonds is 0. The van der Waals surface area contributed by atoms with Crippen LogP contribution in [-0.4, -0.2) is 19.5 Å². The van der Waals surface area contributed by atoms with Crippen molar-refractivity contribution in [2.75, 3.05) is 5.75 Å². The van der Waals surface area contributed by atoms with E-state index in [1.165, 1.54) is 6.08 Å². The van der Waals surface area contributed by atoms with Crippen LogP contribution < -0.4 is 0 Å². The molecule has 8 heavy (non-hydrogen) atoms. The van der Waals surface area contributed by atoms with Crippen LogP contribution in [-0.2, 0) is 9.84 Å². The Morgan fingerprint density at radius 3 is 2.38 bits per heavy atom. The summed E-state index contributed by atoms with van der Waals surface area (Å²) >= 11 is 5.43. The summed E-state index contributed by atoms with van der Waals surface area (Å²) in [6, 6.07) is 0. The lowest BCUT2D eigenvalue weighted by Crippen LogP contribution is -2.03. The van der Waals surface area contributed by atoms with E-state index in [0.717, 1.165) is 5.41 Å². The highest BCUT2D eigenvalue weighted by Gasteiger charge is 2.18. The second kappa shape index (κ2) is 1.74.